The summed E-state index contributed by atoms with van der Waals surface area (Å²) in [5.74, 6) is -1.11. The van der Waals surface area contributed by atoms with Gasteiger partial charge in [0.25, 0.3) is 5.91 Å². The standard InChI is InChI=1S/C20H21BrF3N3O2/c1-12-9-16(13(2)27(12)15-6-3-5-14(21)10-15)19(29)26-8-4-7-17(26)18(28)25-11-20(22,23)24/h3,5-6,9-10,17H,4,7-8,11H2,1-2H3,(H,25,28). The van der Waals surface area contributed by atoms with Crippen molar-refractivity contribution in [3.8, 4) is 5.69 Å². The minimum atomic E-state index is -4.49. The fraction of sp³-hybridized carbons (Fsp3) is 0.400. The SMILES string of the molecule is Cc1cc(C(=O)N2CCCC2C(=O)NCC(F)(F)F)c(C)n1-c1cccc(Br)c1. The normalized spacial score (nSPS) is 16.9. The van der Waals surface area contributed by atoms with Crippen molar-refractivity contribution >= 4 is 27.7 Å². The van der Waals surface area contributed by atoms with E-state index in [4.69, 9.17) is 0 Å². The van der Waals surface area contributed by atoms with E-state index in [1.54, 1.807) is 6.07 Å². The fourth-order valence-electron chi connectivity index (χ4n) is 3.73. The van der Waals surface area contributed by atoms with E-state index in [-0.39, 0.29) is 5.91 Å². The first-order valence-electron chi connectivity index (χ1n) is 9.19. The van der Waals surface area contributed by atoms with E-state index in [1.807, 2.05) is 48.0 Å². The number of benzene rings is 1. The summed E-state index contributed by atoms with van der Waals surface area (Å²) in [4.78, 5) is 26.8. The molecule has 2 amide bonds. The molecule has 1 N–H and O–H groups in total. The minimum absolute atomic E-state index is 0.337. The Hall–Kier alpha value is -2.29. The number of halogens is 4. The molecule has 1 aromatic heterocycles. The van der Waals surface area contributed by atoms with Crippen molar-refractivity contribution in [2.45, 2.75) is 38.9 Å². The van der Waals surface area contributed by atoms with Crippen LogP contribution in [0.1, 0.15) is 34.6 Å². The Balaban J connectivity index is 1.85. The number of aryl methyl sites for hydroxylation is 1. The molecule has 1 atom stereocenters. The third kappa shape index (κ3) is 4.66. The third-order valence-corrected chi connectivity index (χ3v) is 5.50. The van der Waals surface area contributed by atoms with Crippen LogP contribution in [0, 0.1) is 13.8 Å². The number of rotatable bonds is 4. The van der Waals surface area contributed by atoms with Crippen LogP contribution in [0.5, 0.6) is 0 Å². The minimum Gasteiger partial charge on any atom is -0.345 e. The number of aromatic nitrogens is 1. The van der Waals surface area contributed by atoms with Crippen LogP contribution in [0.2, 0.25) is 0 Å². The van der Waals surface area contributed by atoms with Crippen LogP contribution in [-0.4, -0.2) is 46.6 Å². The van der Waals surface area contributed by atoms with E-state index >= 15 is 0 Å². The van der Waals surface area contributed by atoms with Crippen molar-refractivity contribution in [3.63, 3.8) is 0 Å². The molecule has 1 unspecified atom stereocenters. The summed E-state index contributed by atoms with van der Waals surface area (Å²) in [5, 5.41) is 1.90. The van der Waals surface area contributed by atoms with Gasteiger partial charge in [0.05, 0.1) is 5.56 Å². The molecule has 5 nitrogen and oxygen atoms in total. The van der Waals surface area contributed by atoms with E-state index < -0.39 is 24.7 Å². The number of nitrogens with one attached hydrogen (secondary N) is 1. The van der Waals surface area contributed by atoms with Gasteiger partial charge in [0.15, 0.2) is 0 Å². The van der Waals surface area contributed by atoms with Crippen LogP contribution in [0.4, 0.5) is 13.2 Å². The molecule has 1 aliphatic rings. The number of carbonyl (C=O) groups excluding carboxylic acids is 2. The zero-order valence-electron chi connectivity index (χ0n) is 16.0. The first-order valence-corrected chi connectivity index (χ1v) is 9.98. The topological polar surface area (TPSA) is 54.3 Å². The number of hydrogen-bond acceptors (Lipinski definition) is 2. The second-order valence-electron chi connectivity index (χ2n) is 7.09. The van der Waals surface area contributed by atoms with Gasteiger partial charge in [0.2, 0.25) is 5.91 Å². The summed E-state index contributed by atoms with van der Waals surface area (Å²) < 4.78 is 40.1. The molecule has 29 heavy (non-hydrogen) atoms. The maximum atomic E-state index is 13.1. The van der Waals surface area contributed by atoms with Gasteiger partial charge in [-0.1, -0.05) is 22.0 Å². The average molecular weight is 472 g/mol. The van der Waals surface area contributed by atoms with Crippen molar-refractivity contribution < 1.29 is 22.8 Å². The third-order valence-electron chi connectivity index (χ3n) is 5.01. The Kier molecular flexibility index (Phi) is 6.07. The van der Waals surface area contributed by atoms with Crippen LogP contribution in [-0.2, 0) is 4.79 Å². The highest BCUT2D eigenvalue weighted by Crippen LogP contribution is 2.27. The quantitative estimate of drug-likeness (QED) is 0.728. The van der Waals surface area contributed by atoms with Gasteiger partial charge in [-0.15, -0.1) is 0 Å². The first-order chi connectivity index (χ1) is 13.6. The summed E-state index contributed by atoms with van der Waals surface area (Å²) in [6, 6.07) is 8.50. The van der Waals surface area contributed by atoms with Crippen LogP contribution in [0.3, 0.4) is 0 Å². The number of likely N-dealkylation sites (tertiary alicyclic amines) is 1. The fourth-order valence-corrected chi connectivity index (χ4v) is 4.12. The van der Waals surface area contributed by atoms with Gasteiger partial charge in [0.1, 0.15) is 12.6 Å². The molecule has 1 fully saturated rings. The highest BCUT2D eigenvalue weighted by molar-refractivity contribution is 9.10. The monoisotopic (exact) mass is 471 g/mol. The molecule has 0 aliphatic carbocycles. The summed E-state index contributed by atoms with van der Waals surface area (Å²) in [7, 11) is 0. The molecule has 0 radical (unpaired) electrons. The lowest BCUT2D eigenvalue weighted by atomic mass is 10.1. The molecular weight excluding hydrogens is 451 g/mol. The lowest BCUT2D eigenvalue weighted by Crippen LogP contribution is -2.48. The van der Waals surface area contributed by atoms with Gasteiger partial charge in [0, 0.05) is 28.1 Å². The Morgan fingerprint density at radius 1 is 1.24 bits per heavy atom. The molecule has 9 heteroatoms. The molecular formula is C20H21BrF3N3O2. The van der Waals surface area contributed by atoms with Crippen LogP contribution < -0.4 is 5.32 Å². The molecule has 0 saturated carbocycles. The molecule has 1 saturated heterocycles. The van der Waals surface area contributed by atoms with E-state index in [0.29, 0.717) is 30.6 Å². The predicted octanol–water partition coefficient (Wildman–Crippen LogP) is 4.14. The number of amides is 2. The van der Waals surface area contributed by atoms with Gasteiger partial charge < -0.3 is 14.8 Å². The highest BCUT2D eigenvalue weighted by Gasteiger charge is 2.37. The van der Waals surface area contributed by atoms with E-state index in [9.17, 15) is 22.8 Å². The molecule has 0 bridgehead atoms. The number of hydrogen-bond donors (Lipinski definition) is 1. The molecule has 1 aromatic carbocycles. The lowest BCUT2D eigenvalue weighted by molar-refractivity contribution is -0.140. The van der Waals surface area contributed by atoms with E-state index in [2.05, 4.69) is 15.9 Å². The predicted molar refractivity (Wildman–Crippen MR) is 106 cm³/mol. The molecule has 3 rings (SSSR count). The van der Waals surface area contributed by atoms with E-state index in [0.717, 1.165) is 15.9 Å². The molecule has 2 heterocycles. The van der Waals surface area contributed by atoms with Crippen molar-refractivity contribution in [1.29, 1.82) is 0 Å². The van der Waals surface area contributed by atoms with E-state index in [1.165, 1.54) is 4.90 Å². The van der Waals surface area contributed by atoms with Crippen molar-refractivity contribution in [2.75, 3.05) is 13.1 Å². The largest absolute Gasteiger partial charge is 0.405 e. The number of nitrogens with zero attached hydrogens (tertiary/aromatic N) is 2. The maximum absolute atomic E-state index is 13.1. The Morgan fingerprint density at radius 2 is 1.97 bits per heavy atom. The lowest BCUT2D eigenvalue weighted by Gasteiger charge is -2.24. The number of carbonyl (C=O) groups is 2. The number of alkyl halides is 3. The smallest absolute Gasteiger partial charge is 0.345 e. The maximum Gasteiger partial charge on any atom is 0.405 e. The molecule has 156 valence electrons. The highest BCUT2D eigenvalue weighted by atomic mass is 79.9. The van der Waals surface area contributed by atoms with Crippen molar-refractivity contribution in [1.82, 2.24) is 14.8 Å². The zero-order chi connectivity index (χ0) is 21.3. The Morgan fingerprint density at radius 3 is 2.62 bits per heavy atom. The van der Waals surface area contributed by atoms with Gasteiger partial charge in [-0.05, 0) is 51.0 Å². The summed E-state index contributed by atoms with van der Waals surface area (Å²) in [6.45, 7) is 2.63. The van der Waals surface area contributed by atoms with Crippen molar-refractivity contribution in [3.05, 3.63) is 51.8 Å². The second kappa shape index (κ2) is 8.22. The van der Waals surface area contributed by atoms with Gasteiger partial charge in [-0.25, -0.2) is 0 Å². The average Bonchev–Trinajstić information content (AvgIpc) is 3.23. The summed E-state index contributed by atoms with van der Waals surface area (Å²) >= 11 is 3.44. The summed E-state index contributed by atoms with van der Waals surface area (Å²) in [6.07, 6.45) is -3.57. The summed E-state index contributed by atoms with van der Waals surface area (Å²) in [5.41, 5.74) is 2.89. The second-order valence-corrected chi connectivity index (χ2v) is 8.01. The van der Waals surface area contributed by atoms with Gasteiger partial charge >= 0.3 is 6.18 Å². The van der Waals surface area contributed by atoms with Crippen LogP contribution >= 0.6 is 15.9 Å². The first kappa shape index (κ1) is 21.4. The molecule has 2 aromatic rings. The van der Waals surface area contributed by atoms with Gasteiger partial charge in [-0.2, -0.15) is 13.2 Å². The Bertz CT molecular complexity index is 940. The van der Waals surface area contributed by atoms with Crippen LogP contribution in [0.15, 0.2) is 34.8 Å². The van der Waals surface area contributed by atoms with Gasteiger partial charge in [-0.3, -0.25) is 9.59 Å². The zero-order valence-corrected chi connectivity index (χ0v) is 17.6. The van der Waals surface area contributed by atoms with Crippen LogP contribution in [0.25, 0.3) is 5.69 Å². The molecule has 1 aliphatic heterocycles. The molecule has 0 spiro atoms. The Labute approximate surface area is 175 Å². The van der Waals surface area contributed by atoms with Crippen molar-refractivity contribution in [2.24, 2.45) is 0 Å².